The van der Waals surface area contributed by atoms with Crippen LogP contribution in [0.1, 0.15) is 10.4 Å². The number of benzene rings is 2. The van der Waals surface area contributed by atoms with Gasteiger partial charge in [0.25, 0.3) is 5.91 Å². The molecule has 0 spiro atoms. The highest BCUT2D eigenvalue weighted by Gasteiger charge is 2.10. The molecule has 0 radical (unpaired) electrons. The largest absolute Gasteiger partial charge is 0.361 e. The van der Waals surface area contributed by atoms with E-state index in [4.69, 9.17) is 0 Å². The normalized spacial score (nSPS) is 10.7. The Hall–Kier alpha value is -2.20. The van der Waals surface area contributed by atoms with Gasteiger partial charge in [0.2, 0.25) is 0 Å². The zero-order valence-corrected chi connectivity index (χ0v) is 11.8. The lowest BCUT2D eigenvalue weighted by Gasteiger charge is -2.07. The summed E-state index contributed by atoms with van der Waals surface area (Å²) in [6.07, 6.45) is 3.86. The van der Waals surface area contributed by atoms with Crippen LogP contribution in [0.2, 0.25) is 0 Å². The van der Waals surface area contributed by atoms with Crippen molar-refractivity contribution in [1.82, 2.24) is 4.98 Å². The molecule has 4 heteroatoms. The zero-order chi connectivity index (χ0) is 13.9. The molecule has 0 saturated carbocycles. The van der Waals surface area contributed by atoms with Gasteiger partial charge in [-0.25, -0.2) is 0 Å². The molecule has 0 fully saturated rings. The molecule has 0 bridgehead atoms. The minimum atomic E-state index is -0.0894. The highest BCUT2D eigenvalue weighted by atomic mass is 32.2. The third-order valence-corrected chi connectivity index (χ3v) is 3.89. The number of rotatable bonds is 3. The summed E-state index contributed by atoms with van der Waals surface area (Å²) in [6.45, 7) is 0. The predicted molar refractivity (Wildman–Crippen MR) is 84.5 cm³/mol. The van der Waals surface area contributed by atoms with E-state index in [1.165, 1.54) is 0 Å². The van der Waals surface area contributed by atoms with E-state index in [9.17, 15) is 4.79 Å². The molecule has 3 aromatic rings. The second-order valence-corrected chi connectivity index (χ2v) is 5.31. The van der Waals surface area contributed by atoms with Gasteiger partial charge in [-0.1, -0.05) is 12.1 Å². The van der Waals surface area contributed by atoms with Crippen molar-refractivity contribution in [3.05, 3.63) is 60.3 Å². The Labute approximate surface area is 121 Å². The van der Waals surface area contributed by atoms with E-state index in [2.05, 4.69) is 10.3 Å². The van der Waals surface area contributed by atoms with Gasteiger partial charge in [0, 0.05) is 33.2 Å². The quantitative estimate of drug-likeness (QED) is 0.709. The molecule has 1 aromatic heterocycles. The van der Waals surface area contributed by atoms with Crippen LogP contribution >= 0.6 is 11.8 Å². The minimum Gasteiger partial charge on any atom is -0.361 e. The Morgan fingerprint density at radius 2 is 2.00 bits per heavy atom. The minimum absolute atomic E-state index is 0.0894. The Morgan fingerprint density at radius 1 is 1.15 bits per heavy atom. The predicted octanol–water partition coefficient (Wildman–Crippen LogP) is 4.14. The van der Waals surface area contributed by atoms with E-state index >= 15 is 0 Å². The van der Waals surface area contributed by atoms with E-state index in [0.29, 0.717) is 5.56 Å². The molecule has 0 unspecified atom stereocenters. The van der Waals surface area contributed by atoms with Crippen molar-refractivity contribution in [2.75, 3.05) is 11.6 Å². The van der Waals surface area contributed by atoms with Gasteiger partial charge >= 0.3 is 0 Å². The number of hydrogen-bond donors (Lipinski definition) is 2. The van der Waals surface area contributed by atoms with Gasteiger partial charge in [-0.05, 0) is 42.7 Å². The van der Waals surface area contributed by atoms with Gasteiger partial charge in [-0.15, -0.1) is 11.8 Å². The van der Waals surface area contributed by atoms with Crippen LogP contribution < -0.4 is 5.32 Å². The number of amides is 1. The van der Waals surface area contributed by atoms with Gasteiger partial charge in [0.1, 0.15) is 0 Å². The molecule has 3 rings (SSSR count). The molecule has 1 heterocycles. The average Bonchev–Trinajstić information content (AvgIpc) is 2.95. The average molecular weight is 282 g/mol. The van der Waals surface area contributed by atoms with E-state index in [1.807, 2.05) is 61.0 Å². The molecule has 100 valence electrons. The fourth-order valence-corrected chi connectivity index (χ4v) is 2.64. The summed E-state index contributed by atoms with van der Waals surface area (Å²) in [5, 5.41) is 3.88. The van der Waals surface area contributed by atoms with Crippen LogP contribution in [0.5, 0.6) is 0 Å². The Kier molecular flexibility index (Phi) is 3.48. The molecule has 1 amide bonds. The summed E-state index contributed by atoms with van der Waals surface area (Å²) in [7, 11) is 0. The smallest absolute Gasteiger partial charge is 0.256 e. The van der Waals surface area contributed by atoms with Crippen LogP contribution in [0, 0.1) is 0 Å². The summed E-state index contributed by atoms with van der Waals surface area (Å²) < 4.78 is 0. The lowest BCUT2D eigenvalue weighted by molar-refractivity contribution is 0.102. The molecule has 20 heavy (non-hydrogen) atoms. The number of carbonyl (C=O) groups is 1. The molecule has 3 nitrogen and oxygen atoms in total. The monoisotopic (exact) mass is 282 g/mol. The number of aromatic nitrogens is 1. The van der Waals surface area contributed by atoms with Gasteiger partial charge < -0.3 is 10.3 Å². The van der Waals surface area contributed by atoms with Crippen molar-refractivity contribution in [2.24, 2.45) is 0 Å². The van der Waals surface area contributed by atoms with Crippen LogP contribution in [0.4, 0.5) is 5.69 Å². The second kappa shape index (κ2) is 5.43. The van der Waals surface area contributed by atoms with E-state index in [0.717, 1.165) is 21.5 Å². The maximum atomic E-state index is 12.4. The van der Waals surface area contributed by atoms with Gasteiger partial charge in [0.05, 0.1) is 0 Å². The van der Waals surface area contributed by atoms with Crippen molar-refractivity contribution in [2.45, 2.75) is 4.90 Å². The van der Waals surface area contributed by atoms with Gasteiger partial charge in [-0.3, -0.25) is 4.79 Å². The van der Waals surface area contributed by atoms with Crippen LogP contribution in [0.15, 0.2) is 59.6 Å². The van der Waals surface area contributed by atoms with Gasteiger partial charge in [0.15, 0.2) is 0 Å². The van der Waals surface area contributed by atoms with E-state index in [1.54, 1.807) is 11.8 Å². The highest BCUT2D eigenvalue weighted by molar-refractivity contribution is 7.98. The summed E-state index contributed by atoms with van der Waals surface area (Å²) in [4.78, 5) is 16.6. The molecule has 0 aliphatic heterocycles. The van der Waals surface area contributed by atoms with Crippen molar-refractivity contribution in [1.29, 1.82) is 0 Å². The summed E-state index contributed by atoms with van der Waals surface area (Å²) in [6, 6.07) is 15.4. The van der Waals surface area contributed by atoms with Crippen molar-refractivity contribution >= 4 is 34.3 Å². The number of nitrogens with one attached hydrogen (secondary N) is 2. The number of H-pyrrole nitrogens is 1. The first-order valence-corrected chi connectivity index (χ1v) is 7.52. The Balaban J connectivity index is 1.91. The highest BCUT2D eigenvalue weighted by Crippen LogP contribution is 2.21. The summed E-state index contributed by atoms with van der Waals surface area (Å²) in [5.74, 6) is -0.0894. The van der Waals surface area contributed by atoms with E-state index < -0.39 is 0 Å². The molecule has 0 aliphatic carbocycles. The van der Waals surface area contributed by atoms with Crippen LogP contribution in [-0.2, 0) is 0 Å². The van der Waals surface area contributed by atoms with Crippen molar-refractivity contribution < 1.29 is 4.79 Å². The molecular formula is C16H14N2OS. The first-order chi connectivity index (χ1) is 9.78. The molecule has 0 saturated heterocycles. The topological polar surface area (TPSA) is 44.9 Å². The van der Waals surface area contributed by atoms with E-state index in [-0.39, 0.29) is 5.91 Å². The lowest BCUT2D eigenvalue weighted by atomic mass is 10.1. The Morgan fingerprint density at radius 3 is 2.85 bits per heavy atom. The zero-order valence-electron chi connectivity index (χ0n) is 11.0. The number of carbonyl (C=O) groups excluding carboxylic acids is 1. The molecule has 2 N–H and O–H groups in total. The number of thioether (sulfide) groups is 1. The summed E-state index contributed by atoms with van der Waals surface area (Å²) in [5.41, 5.74) is 2.46. The molecule has 0 atom stereocenters. The number of fused-ring (bicyclic) bond motifs is 1. The fourth-order valence-electron chi connectivity index (χ4n) is 2.18. The SMILES string of the molecule is CSc1cccc(NC(=O)c2cccc3[nH]ccc23)c1. The third kappa shape index (κ3) is 2.42. The molecular weight excluding hydrogens is 268 g/mol. The third-order valence-electron chi connectivity index (χ3n) is 3.17. The second-order valence-electron chi connectivity index (χ2n) is 4.43. The molecule has 0 aliphatic rings. The van der Waals surface area contributed by atoms with Crippen molar-refractivity contribution in [3.63, 3.8) is 0 Å². The van der Waals surface area contributed by atoms with Gasteiger partial charge in [-0.2, -0.15) is 0 Å². The maximum absolute atomic E-state index is 12.4. The first-order valence-electron chi connectivity index (χ1n) is 6.29. The van der Waals surface area contributed by atoms with Crippen LogP contribution in [-0.4, -0.2) is 17.1 Å². The molecule has 2 aromatic carbocycles. The maximum Gasteiger partial charge on any atom is 0.256 e. The summed E-state index contributed by atoms with van der Waals surface area (Å²) >= 11 is 1.65. The van der Waals surface area contributed by atoms with Crippen LogP contribution in [0.3, 0.4) is 0 Å². The fraction of sp³-hybridized carbons (Fsp3) is 0.0625. The number of anilines is 1. The lowest BCUT2D eigenvalue weighted by Crippen LogP contribution is -2.12. The first kappa shape index (κ1) is 12.8. The number of hydrogen-bond acceptors (Lipinski definition) is 2. The van der Waals surface area contributed by atoms with Crippen LogP contribution in [0.25, 0.3) is 10.9 Å². The van der Waals surface area contributed by atoms with Crippen molar-refractivity contribution in [3.8, 4) is 0 Å². The Bertz CT molecular complexity index is 764. The standard InChI is InChI=1S/C16H14N2OS/c1-20-12-5-2-4-11(10-12)18-16(19)14-6-3-7-15-13(14)8-9-17-15/h2-10,17H,1H3,(H,18,19). The number of aromatic amines is 1.